The van der Waals surface area contributed by atoms with E-state index in [9.17, 15) is 9.90 Å². The van der Waals surface area contributed by atoms with Crippen LogP contribution < -0.4 is 4.74 Å². The highest BCUT2D eigenvalue weighted by atomic mass is 16.5. The van der Waals surface area contributed by atoms with Crippen LogP contribution in [0.2, 0.25) is 0 Å². The number of benzene rings is 1. The summed E-state index contributed by atoms with van der Waals surface area (Å²) in [6.07, 6.45) is 1.12. The lowest BCUT2D eigenvalue weighted by Gasteiger charge is -2.37. The third kappa shape index (κ3) is 3.29. The number of methoxy groups -OCH3 is 1. The minimum absolute atomic E-state index is 0.0747. The zero-order chi connectivity index (χ0) is 15.4. The van der Waals surface area contributed by atoms with Gasteiger partial charge in [-0.25, -0.2) is 0 Å². The molecular weight excluding hydrogens is 268 g/mol. The number of aromatic hydroxyl groups is 1. The molecule has 1 aromatic carbocycles. The summed E-state index contributed by atoms with van der Waals surface area (Å²) in [5.74, 6) is 0.128. The molecule has 1 aliphatic rings. The van der Waals surface area contributed by atoms with Crippen molar-refractivity contribution < 1.29 is 14.6 Å². The Morgan fingerprint density at radius 3 is 2.57 bits per heavy atom. The number of amides is 1. The Morgan fingerprint density at radius 2 is 2.00 bits per heavy atom. The van der Waals surface area contributed by atoms with E-state index in [2.05, 4.69) is 18.7 Å². The lowest BCUT2D eigenvalue weighted by molar-refractivity contribution is 0.0576. The Labute approximate surface area is 126 Å². The molecule has 0 radical (unpaired) electrons. The Kier molecular flexibility index (Phi) is 5.07. The lowest BCUT2D eigenvalue weighted by atomic mass is 10.1. The Balaban J connectivity index is 2.06. The van der Waals surface area contributed by atoms with Crippen molar-refractivity contribution in [1.29, 1.82) is 0 Å². The fourth-order valence-corrected chi connectivity index (χ4v) is 2.65. The van der Waals surface area contributed by atoms with Crippen molar-refractivity contribution in [2.45, 2.75) is 26.3 Å². The number of phenolic OH excluding ortho intramolecular Hbond substituents is 1. The quantitative estimate of drug-likeness (QED) is 0.921. The summed E-state index contributed by atoms with van der Waals surface area (Å²) >= 11 is 0. The van der Waals surface area contributed by atoms with Gasteiger partial charge in [0.15, 0.2) is 11.5 Å². The predicted molar refractivity (Wildman–Crippen MR) is 81.9 cm³/mol. The summed E-state index contributed by atoms with van der Waals surface area (Å²) in [7, 11) is 1.48. The van der Waals surface area contributed by atoms with E-state index in [0.717, 1.165) is 19.5 Å². The molecule has 1 saturated heterocycles. The van der Waals surface area contributed by atoms with E-state index in [1.807, 2.05) is 0 Å². The van der Waals surface area contributed by atoms with Crippen LogP contribution in [0.5, 0.6) is 11.5 Å². The van der Waals surface area contributed by atoms with Gasteiger partial charge in [-0.3, -0.25) is 9.69 Å². The molecule has 1 atom stereocenters. The van der Waals surface area contributed by atoms with Gasteiger partial charge in [0, 0.05) is 32.2 Å². The number of hydrogen-bond donors (Lipinski definition) is 1. The second-order valence-corrected chi connectivity index (χ2v) is 5.44. The van der Waals surface area contributed by atoms with Gasteiger partial charge in [-0.05, 0) is 25.5 Å². The van der Waals surface area contributed by atoms with Gasteiger partial charge in [0.05, 0.1) is 12.7 Å². The summed E-state index contributed by atoms with van der Waals surface area (Å²) in [6.45, 7) is 7.54. The van der Waals surface area contributed by atoms with Gasteiger partial charge in [0.25, 0.3) is 5.91 Å². The van der Waals surface area contributed by atoms with Crippen LogP contribution in [0, 0.1) is 0 Å². The lowest BCUT2D eigenvalue weighted by Crippen LogP contribution is -2.51. The zero-order valence-electron chi connectivity index (χ0n) is 13.0. The van der Waals surface area contributed by atoms with E-state index >= 15 is 0 Å². The van der Waals surface area contributed by atoms with Crippen LogP contribution in [0.15, 0.2) is 18.2 Å². The number of hydrogen-bond acceptors (Lipinski definition) is 4. The Bertz CT molecular complexity index is 496. The number of rotatable bonds is 4. The largest absolute Gasteiger partial charge is 0.504 e. The van der Waals surface area contributed by atoms with Crippen molar-refractivity contribution in [1.82, 2.24) is 9.80 Å². The van der Waals surface area contributed by atoms with Crippen LogP contribution in [0.3, 0.4) is 0 Å². The van der Waals surface area contributed by atoms with Crippen LogP contribution in [-0.4, -0.2) is 60.1 Å². The van der Waals surface area contributed by atoms with E-state index < -0.39 is 0 Å². The second kappa shape index (κ2) is 6.80. The normalized spacial score (nSPS) is 17.6. The molecule has 5 heteroatoms. The predicted octanol–water partition coefficient (Wildman–Crippen LogP) is 1.96. The number of carbonyl (C=O) groups excluding carboxylic acids is 1. The average Bonchev–Trinajstić information content (AvgIpc) is 2.54. The molecule has 1 aromatic rings. The number of para-hydroxylation sites is 1. The molecule has 0 bridgehead atoms. The van der Waals surface area contributed by atoms with Gasteiger partial charge in [-0.1, -0.05) is 13.0 Å². The third-order valence-electron chi connectivity index (χ3n) is 4.26. The molecule has 1 amide bonds. The highest BCUT2D eigenvalue weighted by Gasteiger charge is 2.26. The van der Waals surface area contributed by atoms with Gasteiger partial charge < -0.3 is 14.7 Å². The maximum absolute atomic E-state index is 12.5. The molecule has 0 spiro atoms. The topological polar surface area (TPSA) is 53.0 Å². The molecule has 1 unspecified atom stereocenters. The molecule has 0 aromatic heterocycles. The number of piperazine rings is 1. The fraction of sp³-hybridized carbons (Fsp3) is 0.562. The van der Waals surface area contributed by atoms with E-state index in [1.54, 1.807) is 23.1 Å². The Morgan fingerprint density at radius 1 is 1.33 bits per heavy atom. The van der Waals surface area contributed by atoms with E-state index in [4.69, 9.17) is 4.74 Å². The first-order valence-electron chi connectivity index (χ1n) is 7.47. The van der Waals surface area contributed by atoms with Crippen LogP contribution in [0.1, 0.15) is 30.6 Å². The van der Waals surface area contributed by atoms with Crippen molar-refractivity contribution in [3.63, 3.8) is 0 Å². The third-order valence-corrected chi connectivity index (χ3v) is 4.26. The van der Waals surface area contributed by atoms with Crippen LogP contribution in [-0.2, 0) is 0 Å². The molecule has 2 rings (SSSR count). The first-order valence-corrected chi connectivity index (χ1v) is 7.47. The Hall–Kier alpha value is -1.75. The number of ether oxygens (including phenoxy) is 1. The van der Waals surface area contributed by atoms with Crippen molar-refractivity contribution >= 4 is 5.91 Å². The SMILES string of the molecule is CCC(C)N1CCN(C(=O)c2cccc(OC)c2O)CC1. The molecule has 21 heavy (non-hydrogen) atoms. The second-order valence-electron chi connectivity index (χ2n) is 5.44. The smallest absolute Gasteiger partial charge is 0.257 e. The standard InChI is InChI=1S/C16H24N2O3/c1-4-12(2)17-8-10-18(11-9-17)16(20)13-6-5-7-14(21-3)15(13)19/h5-7,12,19H,4,8-11H2,1-3H3. The van der Waals surface area contributed by atoms with Gasteiger partial charge in [0.1, 0.15) is 0 Å². The van der Waals surface area contributed by atoms with Crippen LogP contribution in [0.4, 0.5) is 0 Å². The van der Waals surface area contributed by atoms with Gasteiger partial charge in [-0.2, -0.15) is 0 Å². The molecule has 0 aliphatic carbocycles. The van der Waals surface area contributed by atoms with Crippen molar-refractivity contribution in [3.05, 3.63) is 23.8 Å². The molecular formula is C16H24N2O3. The zero-order valence-corrected chi connectivity index (χ0v) is 13.0. The summed E-state index contributed by atoms with van der Waals surface area (Å²) < 4.78 is 5.06. The maximum atomic E-state index is 12.5. The molecule has 1 N–H and O–H groups in total. The molecule has 0 saturated carbocycles. The highest BCUT2D eigenvalue weighted by Crippen LogP contribution is 2.30. The maximum Gasteiger partial charge on any atom is 0.257 e. The minimum Gasteiger partial charge on any atom is -0.504 e. The van der Waals surface area contributed by atoms with E-state index in [0.29, 0.717) is 30.4 Å². The first-order chi connectivity index (χ1) is 10.1. The number of carbonyl (C=O) groups is 1. The van der Waals surface area contributed by atoms with Crippen LogP contribution >= 0.6 is 0 Å². The monoisotopic (exact) mass is 292 g/mol. The summed E-state index contributed by atoms with van der Waals surface area (Å²) in [5, 5.41) is 10.1. The van der Waals surface area contributed by atoms with Gasteiger partial charge in [-0.15, -0.1) is 0 Å². The highest BCUT2D eigenvalue weighted by molar-refractivity contribution is 5.97. The number of phenols is 1. The van der Waals surface area contributed by atoms with E-state index in [1.165, 1.54) is 7.11 Å². The molecule has 1 heterocycles. The summed E-state index contributed by atoms with van der Waals surface area (Å²) in [6, 6.07) is 5.56. The molecule has 5 nitrogen and oxygen atoms in total. The van der Waals surface area contributed by atoms with Gasteiger partial charge in [0.2, 0.25) is 0 Å². The van der Waals surface area contributed by atoms with Crippen molar-refractivity contribution in [2.24, 2.45) is 0 Å². The van der Waals surface area contributed by atoms with Crippen LogP contribution in [0.25, 0.3) is 0 Å². The van der Waals surface area contributed by atoms with Crippen molar-refractivity contribution in [3.8, 4) is 11.5 Å². The molecule has 1 fully saturated rings. The molecule has 1 aliphatic heterocycles. The minimum atomic E-state index is -0.129. The average molecular weight is 292 g/mol. The number of nitrogens with zero attached hydrogens (tertiary/aromatic N) is 2. The molecule has 116 valence electrons. The summed E-state index contributed by atoms with van der Waals surface area (Å²) in [4.78, 5) is 16.7. The van der Waals surface area contributed by atoms with Gasteiger partial charge >= 0.3 is 0 Å². The first kappa shape index (κ1) is 15.6. The van der Waals surface area contributed by atoms with E-state index in [-0.39, 0.29) is 11.7 Å². The van der Waals surface area contributed by atoms with Crippen molar-refractivity contribution in [2.75, 3.05) is 33.3 Å². The summed E-state index contributed by atoms with van der Waals surface area (Å²) in [5.41, 5.74) is 0.311. The fourth-order valence-electron chi connectivity index (χ4n) is 2.65.